The predicted molar refractivity (Wildman–Crippen MR) is 142 cm³/mol. The number of fused-ring (bicyclic) bond motifs is 1. The number of hydrogen-bond donors (Lipinski definition) is 2. The molecule has 192 valence electrons. The highest BCUT2D eigenvalue weighted by Gasteiger charge is 2.23. The van der Waals surface area contributed by atoms with Crippen molar-refractivity contribution in [3.05, 3.63) is 48.2 Å². The van der Waals surface area contributed by atoms with Gasteiger partial charge in [-0.3, -0.25) is 9.36 Å². The number of pyridine rings is 2. The molecule has 0 atom stereocenters. The van der Waals surface area contributed by atoms with Gasteiger partial charge in [-0.05, 0) is 37.5 Å². The number of nitrogens with zero attached hydrogens (tertiary/aromatic N) is 7. The van der Waals surface area contributed by atoms with Crippen LogP contribution in [0.5, 0.6) is 0 Å². The molecule has 0 spiro atoms. The number of thiazole rings is 1. The molecule has 4 aromatic heterocycles. The van der Waals surface area contributed by atoms with Crippen molar-refractivity contribution >= 4 is 44.2 Å². The van der Waals surface area contributed by atoms with E-state index in [9.17, 15) is 9.90 Å². The van der Waals surface area contributed by atoms with Crippen molar-refractivity contribution in [1.29, 1.82) is 0 Å². The Morgan fingerprint density at radius 3 is 2.68 bits per heavy atom. The molecule has 11 nitrogen and oxygen atoms in total. The highest BCUT2D eigenvalue weighted by Crippen LogP contribution is 2.35. The molecule has 37 heavy (non-hydrogen) atoms. The number of morpholine rings is 1. The quantitative estimate of drug-likeness (QED) is 0.395. The van der Waals surface area contributed by atoms with Crippen molar-refractivity contribution in [1.82, 2.24) is 24.5 Å². The number of nitrogens with one attached hydrogen (secondary N) is 1. The van der Waals surface area contributed by atoms with Crippen molar-refractivity contribution in [2.45, 2.75) is 25.9 Å². The number of rotatable bonds is 6. The highest BCUT2D eigenvalue weighted by molar-refractivity contribution is 7.22. The zero-order chi connectivity index (χ0) is 25.2. The molecule has 0 aliphatic carbocycles. The van der Waals surface area contributed by atoms with Crippen molar-refractivity contribution < 1.29 is 14.6 Å². The number of anilines is 3. The molecule has 12 heteroatoms. The monoisotopic (exact) mass is 520 g/mol. The molecule has 6 rings (SSSR count). The van der Waals surface area contributed by atoms with Gasteiger partial charge in [0.1, 0.15) is 17.8 Å². The lowest BCUT2D eigenvalue weighted by atomic mass is 10.1. The van der Waals surface area contributed by atoms with E-state index in [4.69, 9.17) is 14.7 Å². The van der Waals surface area contributed by atoms with Crippen LogP contribution in [0.4, 0.5) is 16.6 Å². The van der Waals surface area contributed by atoms with Gasteiger partial charge < -0.3 is 25.0 Å². The number of aromatic nitrogens is 5. The highest BCUT2D eigenvalue weighted by atomic mass is 32.1. The molecule has 0 saturated carbocycles. The van der Waals surface area contributed by atoms with E-state index >= 15 is 0 Å². The molecule has 2 saturated heterocycles. The lowest BCUT2D eigenvalue weighted by Gasteiger charge is -2.29. The minimum absolute atomic E-state index is 0.160. The molecule has 0 unspecified atom stereocenters. The van der Waals surface area contributed by atoms with Crippen LogP contribution in [0.1, 0.15) is 35.4 Å². The first-order valence-electron chi connectivity index (χ1n) is 12.5. The Morgan fingerprint density at radius 2 is 1.89 bits per heavy atom. The molecule has 0 aromatic carbocycles. The van der Waals surface area contributed by atoms with Crippen LogP contribution in [0.25, 0.3) is 16.2 Å². The van der Waals surface area contributed by atoms with Crippen LogP contribution in [0.15, 0.2) is 36.8 Å². The van der Waals surface area contributed by atoms with Crippen molar-refractivity contribution in [2.24, 2.45) is 0 Å². The number of aliphatic hydroxyl groups is 1. The third-order valence-electron chi connectivity index (χ3n) is 6.57. The lowest BCUT2D eigenvalue weighted by molar-refractivity contribution is 0.102. The van der Waals surface area contributed by atoms with Gasteiger partial charge in [0.05, 0.1) is 35.9 Å². The number of imidazole rings is 1. The number of carbonyl (C=O) groups is 1. The molecule has 2 N–H and O–H groups in total. The van der Waals surface area contributed by atoms with Gasteiger partial charge in [0.25, 0.3) is 5.91 Å². The molecule has 6 heterocycles. The molecule has 1 amide bonds. The Kier molecular flexibility index (Phi) is 6.68. The van der Waals surface area contributed by atoms with E-state index in [0.717, 1.165) is 54.7 Å². The summed E-state index contributed by atoms with van der Waals surface area (Å²) in [6.07, 6.45) is 6.63. The smallest absolute Gasteiger partial charge is 0.274 e. The van der Waals surface area contributed by atoms with E-state index in [1.807, 2.05) is 6.07 Å². The van der Waals surface area contributed by atoms with Gasteiger partial charge >= 0.3 is 0 Å². The molecular formula is C25H28N8O3S. The minimum atomic E-state index is -0.318. The first-order valence-corrected chi connectivity index (χ1v) is 13.3. The molecule has 4 aromatic rings. The summed E-state index contributed by atoms with van der Waals surface area (Å²) in [4.78, 5) is 36.2. The van der Waals surface area contributed by atoms with Crippen LogP contribution in [0, 0.1) is 0 Å². The first kappa shape index (κ1) is 23.8. The lowest BCUT2D eigenvalue weighted by Crippen LogP contribution is -2.36. The average molecular weight is 521 g/mol. The summed E-state index contributed by atoms with van der Waals surface area (Å²) in [5, 5.41) is 13.3. The van der Waals surface area contributed by atoms with Gasteiger partial charge in [0, 0.05) is 32.4 Å². The van der Waals surface area contributed by atoms with Crippen LogP contribution >= 0.6 is 11.3 Å². The van der Waals surface area contributed by atoms with Gasteiger partial charge in [0.15, 0.2) is 16.6 Å². The normalized spacial score (nSPS) is 16.4. The number of piperidine rings is 1. The number of amides is 1. The van der Waals surface area contributed by atoms with Crippen LogP contribution < -0.4 is 15.1 Å². The zero-order valence-corrected chi connectivity index (χ0v) is 21.2. The molecule has 2 aliphatic rings. The van der Waals surface area contributed by atoms with Crippen molar-refractivity contribution in [3.63, 3.8) is 0 Å². The molecule has 2 aliphatic heterocycles. The van der Waals surface area contributed by atoms with E-state index in [2.05, 4.69) is 25.1 Å². The maximum Gasteiger partial charge on any atom is 0.274 e. The van der Waals surface area contributed by atoms with E-state index in [0.29, 0.717) is 36.1 Å². The van der Waals surface area contributed by atoms with Gasteiger partial charge in [-0.15, -0.1) is 0 Å². The molecule has 0 radical (unpaired) electrons. The summed E-state index contributed by atoms with van der Waals surface area (Å²) in [5.41, 5.74) is 2.17. The average Bonchev–Trinajstić information content (AvgIpc) is 3.61. The Morgan fingerprint density at radius 1 is 1.05 bits per heavy atom. The Labute approximate surface area is 217 Å². The van der Waals surface area contributed by atoms with Gasteiger partial charge in [-0.1, -0.05) is 17.4 Å². The number of hydrogen-bond acceptors (Lipinski definition) is 10. The van der Waals surface area contributed by atoms with Crippen LogP contribution in [-0.2, 0) is 11.3 Å². The van der Waals surface area contributed by atoms with Gasteiger partial charge in [-0.25, -0.2) is 15.0 Å². The summed E-state index contributed by atoms with van der Waals surface area (Å²) in [7, 11) is 0. The SMILES string of the molecule is O=C(Nc1cc2sc(N3CCOCC3)nc2nc1N1CCCCC1)c1cccc(-n2cnc(CO)c2)n1. The third-order valence-corrected chi connectivity index (χ3v) is 7.62. The second-order valence-electron chi connectivity index (χ2n) is 9.09. The third kappa shape index (κ3) is 4.99. The standard InChI is InChI=1S/C25H28N8O3S/c34-15-17-14-33(16-26-17)21-6-4-5-18(27-21)24(35)28-19-13-20-22(29-23(19)31-7-2-1-3-8-31)30-25(37-20)32-9-11-36-12-10-32/h4-6,13-14,16,34H,1-3,7-12,15H2,(H,28,35). The number of aliphatic hydroxyl groups excluding tert-OH is 1. The predicted octanol–water partition coefficient (Wildman–Crippen LogP) is 2.84. The van der Waals surface area contributed by atoms with E-state index < -0.39 is 0 Å². The Balaban J connectivity index is 1.32. The fourth-order valence-electron chi connectivity index (χ4n) is 4.62. The van der Waals surface area contributed by atoms with E-state index in [1.165, 1.54) is 6.42 Å². The summed E-state index contributed by atoms with van der Waals surface area (Å²) in [6, 6.07) is 7.23. The largest absolute Gasteiger partial charge is 0.390 e. The minimum Gasteiger partial charge on any atom is -0.390 e. The van der Waals surface area contributed by atoms with Gasteiger partial charge in [-0.2, -0.15) is 4.98 Å². The number of carbonyl (C=O) groups excluding carboxylic acids is 1. The van der Waals surface area contributed by atoms with Crippen molar-refractivity contribution in [2.75, 3.05) is 54.5 Å². The molecular weight excluding hydrogens is 492 g/mol. The fraction of sp³-hybridized carbons (Fsp3) is 0.400. The number of ether oxygens (including phenoxy) is 1. The maximum atomic E-state index is 13.4. The van der Waals surface area contributed by atoms with Crippen LogP contribution in [0.2, 0.25) is 0 Å². The van der Waals surface area contributed by atoms with Gasteiger partial charge in [0.2, 0.25) is 0 Å². The molecule has 2 fully saturated rings. The summed E-state index contributed by atoms with van der Waals surface area (Å²) >= 11 is 1.58. The summed E-state index contributed by atoms with van der Waals surface area (Å²) in [5.74, 6) is 0.974. The van der Waals surface area contributed by atoms with Crippen molar-refractivity contribution in [3.8, 4) is 5.82 Å². The topological polar surface area (TPSA) is 122 Å². The Hall–Kier alpha value is -3.61. The summed E-state index contributed by atoms with van der Waals surface area (Å²) in [6.45, 7) is 4.62. The Bertz CT molecular complexity index is 1410. The van der Waals surface area contributed by atoms with Crippen LogP contribution in [-0.4, -0.2) is 74.9 Å². The fourth-order valence-corrected chi connectivity index (χ4v) is 5.62. The molecule has 0 bridgehead atoms. The first-order chi connectivity index (χ1) is 18.2. The maximum absolute atomic E-state index is 13.4. The van der Waals surface area contributed by atoms with E-state index in [1.54, 1.807) is 46.6 Å². The van der Waals surface area contributed by atoms with E-state index in [-0.39, 0.29) is 18.2 Å². The second kappa shape index (κ2) is 10.4. The van der Waals surface area contributed by atoms with Crippen LogP contribution in [0.3, 0.4) is 0 Å². The summed E-state index contributed by atoms with van der Waals surface area (Å²) < 4.78 is 8.09. The second-order valence-corrected chi connectivity index (χ2v) is 10.1. The zero-order valence-electron chi connectivity index (χ0n) is 20.3.